The highest BCUT2D eigenvalue weighted by Crippen LogP contribution is 2.42. The Kier molecular flexibility index (Phi) is 8.10. The van der Waals surface area contributed by atoms with Crippen molar-refractivity contribution in [2.24, 2.45) is 0 Å². The molecule has 0 saturated carbocycles. The van der Waals surface area contributed by atoms with Gasteiger partial charge in [0.15, 0.2) is 0 Å². The van der Waals surface area contributed by atoms with Gasteiger partial charge in [-0.2, -0.15) is 0 Å². The first-order valence-electron chi connectivity index (χ1n) is 14.0. The van der Waals surface area contributed by atoms with Crippen molar-refractivity contribution in [1.29, 1.82) is 0 Å². The van der Waals surface area contributed by atoms with Crippen LogP contribution >= 0.6 is 0 Å². The fourth-order valence-corrected chi connectivity index (χ4v) is 5.00. The van der Waals surface area contributed by atoms with Crippen LogP contribution in [0.1, 0.15) is 62.8 Å². The van der Waals surface area contributed by atoms with Crippen molar-refractivity contribution in [3.05, 3.63) is 89.0 Å². The van der Waals surface area contributed by atoms with Crippen LogP contribution in [-0.4, -0.2) is 39.5 Å². The molecule has 5 rings (SSSR count). The molecule has 0 radical (unpaired) electrons. The number of carbonyl (C=O) groups excluding carboxylic acids is 2. The molecule has 1 fully saturated rings. The number of hydrogen-bond acceptors (Lipinski definition) is 6. The second-order valence-corrected chi connectivity index (χ2v) is 10.6. The van der Waals surface area contributed by atoms with E-state index in [1.54, 1.807) is 48.5 Å². The van der Waals surface area contributed by atoms with E-state index >= 15 is 0 Å². The molecule has 0 spiro atoms. The Morgan fingerprint density at radius 3 is 2.39 bits per heavy atom. The minimum Gasteiger partial charge on any atom is -0.507 e. The maximum absolute atomic E-state index is 13.5. The van der Waals surface area contributed by atoms with Crippen LogP contribution in [0.2, 0.25) is 0 Å². The van der Waals surface area contributed by atoms with Gasteiger partial charge >= 0.3 is 5.91 Å². The van der Waals surface area contributed by atoms with Gasteiger partial charge in [0.2, 0.25) is 5.95 Å². The van der Waals surface area contributed by atoms with Crippen molar-refractivity contribution >= 4 is 34.4 Å². The zero-order valence-corrected chi connectivity index (χ0v) is 23.8. The molecule has 3 aromatic carbocycles. The summed E-state index contributed by atoms with van der Waals surface area (Å²) in [5, 5.41) is 11.5. The van der Waals surface area contributed by atoms with Crippen molar-refractivity contribution in [1.82, 2.24) is 9.97 Å². The topological polar surface area (TPSA) is 105 Å². The Labute approximate surface area is 239 Å². The first-order valence-corrected chi connectivity index (χ1v) is 14.0. The Balaban J connectivity index is 1.57. The van der Waals surface area contributed by atoms with Crippen molar-refractivity contribution in [3.63, 3.8) is 0 Å². The number of nitrogens with zero attached hydrogens (tertiary/aromatic N) is 2. The van der Waals surface area contributed by atoms with Gasteiger partial charge in [0.05, 0.1) is 35.4 Å². The van der Waals surface area contributed by atoms with E-state index in [2.05, 4.69) is 16.9 Å². The fraction of sp³-hybridized carbons (Fsp3) is 0.303. The monoisotopic (exact) mass is 553 g/mol. The van der Waals surface area contributed by atoms with Crippen molar-refractivity contribution in [2.45, 2.75) is 59.1 Å². The number of aliphatic hydroxyl groups excluding tert-OH is 1. The SMILES string of the molecule is CCCCCOc1ccc(/C(O)=C2\C(=O)C(=O)N(c3nc4ccc(C)cc4[nH]3)C2c2ccc(OC(C)C)cc2)cc1. The molecular formula is C33H35N3O5. The van der Waals surface area contributed by atoms with Crippen LogP contribution in [0.3, 0.4) is 0 Å². The number of ether oxygens (including phenoxy) is 2. The summed E-state index contributed by atoms with van der Waals surface area (Å²) >= 11 is 0. The molecule has 1 aliphatic rings. The van der Waals surface area contributed by atoms with E-state index in [1.165, 1.54) is 4.90 Å². The predicted octanol–water partition coefficient (Wildman–Crippen LogP) is 6.85. The van der Waals surface area contributed by atoms with Gasteiger partial charge in [-0.15, -0.1) is 0 Å². The first-order chi connectivity index (χ1) is 19.8. The number of hydrogen-bond donors (Lipinski definition) is 2. The Morgan fingerprint density at radius 1 is 1.00 bits per heavy atom. The highest BCUT2D eigenvalue weighted by Gasteiger charge is 2.48. The van der Waals surface area contributed by atoms with Crippen LogP contribution in [0.4, 0.5) is 5.95 Å². The summed E-state index contributed by atoms with van der Waals surface area (Å²) in [5.41, 5.74) is 3.48. The standard InChI is InChI=1S/C33H35N3O5/c1-5-6-7-18-40-24-13-11-23(12-14-24)30(37)28-29(22-9-15-25(16-10-22)41-20(2)3)36(32(39)31(28)38)33-34-26-17-8-21(4)19-27(26)35-33/h8-17,19-20,29,37H,5-7,18H2,1-4H3,(H,34,35)/b30-28+. The summed E-state index contributed by atoms with van der Waals surface area (Å²) in [4.78, 5) is 36.2. The Bertz CT molecular complexity index is 1590. The second-order valence-electron chi connectivity index (χ2n) is 10.6. The second kappa shape index (κ2) is 11.9. The molecule has 2 N–H and O–H groups in total. The molecule has 0 bridgehead atoms. The fourth-order valence-electron chi connectivity index (χ4n) is 5.00. The van der Waals surface area contributed by atoms with Gasteiger partial charge in [-0.1, -0.05) is 38.0 Å². The van der Waals surface area contributed by atoms with E-state index in [0.717, 1.165) is 30.3 Å². The number of H-pyrrole nitrogens is 1. The number of aliphatic hydroxyl groups is 1. The van der Waals surface area contributed by atoms with E-state index in [9.17, 15) is 14.7 Å². The summed E-state index contributed by atoms with van der Waals surface area (Å²) in [6.45, 7) is 8.59. The van der Waals surface area contributed by atoms with E-state index < -0.39 is 17.7 Å². The number of fused-ring (bicyclic) bond motifs is 1. The smallest absolute Gasteiger partial charge is 0.302 e. The number of benzene rings is 3. The van der Waals surface area contributed by atoms with E-state index in [1.807, 2.05) is 39.0 Å². The molecule has 8 nitrogen and oxygen atoms in total. The zero-order chi connectivity index (χ0) is 29.1. The summed E-state index contributed by atoms with van der Waals surface area (Å²) in [5.74, 6) is -0.252. The molecule has 1 aromatic heterocycles. The van der Waals surface area contributed by atoms with E-state index in [4.69, 9.17) is 9.47 Å². The third kappa shape index (κ3) is 5.82. The Hall–Kier alpha value is -4.59. The van der Waals surface area contributed by atoms with Gasteiger partial charge in [0, 0.05) is 5.56 Å². The quantitative estimate of drug-likeness (QED) is 0.0963. The van der Waals surface area contributed by atoms with Gasteiger partial charge in [-0.05, 0) is 86.8 Å². The third-order valence-corrected chi connectivity index (χ3v) is 7.01. The van der Waals surface area contributed by atoms with Crippen molar-refractivity contribution in [3.8, 4) is 11.5 Å². The van der Waals surface area contributed by atoms with Gasteiger partial charge < -0.3 is 19.6 Å². The molecule has 212 valence electrons. The number of carbonyl (C=O) groups is 2. The molecule has 1 unspecified atom stereocenters. The number of imidazole rings is 1. The maximum Gasteiger partial charge on any atom is 0.302 e. The van der Waals surface area contributed by atoms with Crippen LogP contribution < -0.4 is 14.4 Å². The van der Waals surface area contributed by atoms with Gasteiger partial charge in [-0.3, -0.25) is 14.5 Å². The predicted molar refractivity (Wildman–Crippen MR) is 159 cm³/mol. The molecule has 2 heterocycles. The lowest BCUT2D eigenvalue weighted by Crippen LogP contribution is -2.30. The lowest BCUT2D eigenvalue weighted by atomic mass is 9.95. The lowest BCUT2D eigenvalue weighted by Gasteiger charge is -2.23. The van der Waals surface area contributed by atoms with Gasteiger partial charge in [0.1, 0.15) is 17.3 Å². The van der Waals surface area contributed by atoms with Crippen LogP contribution in [0.15, 0.2) is 72.3 Å². The van der Waals surface area contributed by atoms with Crippen LogP contribution in [0.5, 0.6) is 11.5 Å². The number of ketones is 1. The number of aromatic amines is 1. The largest absolute Gasteiger partial charge is 0.507 e. The number of aryl methyl sites for hydroxylation is 1. The number of nitrogens with one attached hydrogen (secondary N) is 1. The summed E-state index contributed by atoms with van der Waals surface area (Å²) in [7, 11) is 0. The normalized spacial score (nSPS) is 16.6. The molecule has 1 amide bonds. The molecular weight excluding hydrogens is 518 g/mol. The number of amides is 1. The minimum atomic E-state index is -0.908. The van der Waals surface area contributed by atoms with Gasteiger partial charge in [0.25, 0.3) is 5.78 Å². The van der Waals surface area contributed by atoms with E-state index in [0.29, 0.717) is 34.7 Å². The number of anilines is 1. The van der Waals surface area contributed by atoms with Crippen molar-refractivity contribution < 1.29 is 24.2 Å². The lowest BCUT2D eigenvalue weighted by molar-refractivity contribution is -0.132. The van der Waals surface area contributed by atoms with Crippen molar-refractivity contribution in [2.75, 3.05) is 11.5 Å². The summed E-state index contributed by atoms with van der Waals surface area (Å²) in [6, 6.07) is 18.9. The molecule has 0 aliphatic carbocycles. The zero-order valence-electron chi connectivity index (χ0n) is 23.8. The maximum atomic E-state index is 13.5. The van der Waals surface area contributed by atoms with Crippen LogP contribution in [-0.2, 0) is 9.59 Å². The molecule has 1 aliphatic heterocycles. The molecule has 41 heavy (non-hydrogen) atoms. The first kappa shape index (κ1) is 28.0. The number of rotatable bonds is 10. The Morgan fingerprint density at radius 2 is 1.71 bits per heavy atom. The average molecular weight is 554 g/mol. The van der Waals surface area contributed by atoms with Gasteiger partial charge in [-0.25, -0.2) is 4.98 Å². The van der Waals surface area contributed by atoms with E-state index in [-0.39, 0.29) is 23.4 Å². The summed E-state index contributed by atoms with van der Waals surface area (Å²) < 4.78 is 11.6. The number of aromatic nitrogens is 2. The molecule has 1 atom stereocenters. The summed E-state index contributed by atoms with van der Waals surface area (Å²) in [6.07, 6.45) is 3.15. The highest BCUT2D eigenvalue weighted by atomic mass is 16.5. The highest BCUT2D eigenvalue weighted by molar-refractivity contribution is 6.51. The third-order valence-electron chi connectivity index (χ3n) is 7.01. The molecule has 1 saturated heterocycles. The average Bonchev–Trinajstić information content (AvgIpc) is 3.48. The van der Waals surface area contributed by atoms with Crippen LogP contribution in [0, 0.1) is 6.92 Å². The molecule has 8 heteroatoms. The number of unbranched alkanes of at least 4 members (excludes halogenated alkanes) is 2. The minimum absolute atomic E-state index is 0.0101. The molecule has 4 aromatic rings. The van der Waals surface area contributed by atoms with Crippen LogP contribution in [0.25, 0.3) is 16.8 Å². The number of Topliss-reactive ketones (excluding diaryl/α,β-unsaturated/α-hetero) is 1.